The zero-order valence-corrected chi connectivity index (χ0v) is 15.3. The van der Waals surface area contributed by atoms with Crippen LogP contribution in [0.2, 0.25) is 0 Å². The first-order valence-electron chi connectivity index (χ1n) is 9.48. The van der Waals surface area contributed by atoms with Crippen molar-refractivity contribution in [3.05, 3.63) is 42.2 Å². The molecule has 27 heavy (non-hydrogen) atoms. The van der Waals surface area contributed by atoms with Gasteiger partial charge < -0.3 is 14.6 Å². The fourth-order valence-corrected chi connectivity index (χ4v) is 3.62. The van der Waals surface area contributed by atoms with Crippen LogP contribution in [-0.2, 0) is 13.0 Å². The molecule has 3 rings (SSSR count). The minimum Gasteiger partial charge on any atom is -0.390 e. The van der Waals surface area contributed by atoms with Gasteiger partial charge in [-0.3, -0.25) is 0 Å². The van der Waals surface area contributed by atoms with Crippen LogP contribution in [0, 0.1) is 0 Å². The summed E-state index contributed by atoms with van der Waals surface area (Å²) in [6, 6.07) is 6.27. The van der Waals surface area contributed by atoms with E-state index in [-0.39, 0.29) is 5.56 Å². The van der Waals surface area contributed by atoms with Crippen molar-refractivity contribution in [3.63, 3.8) is 0 Å². The molecule has 7 heteroatoms. The van der Waals surface area contributed by atoms with E-state index in [2.05, 4.69) is 9.88 Å². The Balaban J connectivity index is 1.63. The summed E-state index contributed by atoms with van der Waals surface area (Å²) in [6.07, 6.45) is 2.64. The molecule has 0 radical (unpaired) electrons. The molecule has 1 aliphatic rings. The fourth-order valence-electron chi connectivity index (χ4n) is 3.62. The number of benzene rings is 1. The van der Waals surface area contributed by atoms with Gasteiger partial charge in [0.05, 0.1) is 19.1 Å². The predicted octanol–water partition coefficient (Wildman–Crippen LogP) is 3.89. The van der Waals surface area contributed by atoms with Crippen molar-refractivity contribution in [2.24, 2.45) is 0 Å². The Morgan fingerprint density at radius 3 is 2.30 bits per heavy atom. The molecule has 1 aromatic heterocycles. The number of aliphatic hydroxyl groups excluding tert-OH is 1. The second-order valence-corrected chi connectivity index (χ2v) is 7.26. The molecule has 0 bridgehead atoms. The van der Waals surface area contributed by atoms with Crippen LogP contribution in [0.15, 0.2) is 36.7 Å². The second-order valence-electron chi connectivity index (χ2n) is 7.26. The Kier molecular flexibility index (Phi) is 6.55. The molecule has 0 spiro atoms. The van der Waals surface area contributed by atoms with Gasteiger partial charge in [-0.1, -0.05) is 37.1 Å². The van der Waals surface area contributed by atoms with Gasteiger partial charge in [0, 0.05) is 24.5 Å². The number of halogens is 3. The van der Waals surface area contributed by atoms with E-state index in [0.717, 1.165) is 18.7 Å². The van der Waals surface area contributed by atoms with Crippen LogP contribution in [0.1, 0.15) is 31.2 Å². The van der Waals surface area contributed by atoms with Gasteiger partial charge in [0.2, 0.25) is 0 Å². The Morgan fingerprint density at radius 2 is 1.67 bits per heavy atom. The average molecular weight is 381 g/mol. The topological polar surface area (TPSA) is 41.3 Å². The Bertz CT molecular complexity index is 704. The molecule has 148 valence electrons. The minimum absolute atomic E-state index is 0.227. The predicted molar refractivity (Wildman–Crippen MR) is 98.3 cm³/mol. The Labute approximate surface area is 157 Å². The number of hydrogen-bond donors (Lipinski definition) is 1. The van der Waals surface area contributed by atoms with Crippen molar-refractivity contribution in [2.75, 3.05) is 19.6 Å². The summed E-state index contributed by atoms with van der Waals surface area (Å²) in [5.74, 6) is 0.656. The number of rotatable bonds is 6. The van der Waals surface area contributed by atoms with Crippen LogP contribution in [0.5, 0.6) is 0 Å². The largest absolute Gasteiger partial charge is 0.393 e. The minimum atomic E-state index is -4.21. The maximum Gasteiger partial charge on any atom is 0.393 e. The summed E-state index contributed by atoms with van der Waals surface area (Å²) in [5.41, 5.74) is 0.971. The van der Waals surface area contributed by atoms with E-state index in [0.29, 0.717) is 18.9 Å². The standard InChI is InChI=1S/C20H26F3N3O/c21-20(22,23)13-16-5-7-17(8-6-16)19-24-9-12-26(19)15-18(27)14-25-10-3-1-2-4-11-25/h5-9,12,18,27H,1-4,10-11,13-15H2. The summed E-state index contributed by atoms with van der Waals surface area (Å²) in [4.78, 5) is 6.63. The molecule has 1 aromatic carbocycles. The molecule has 1 atom stereocenters. The number of aromatic nitrogens is 2. The molecule has 2 heterocycles. The lowest BCUT2D eigenvalue weighted by Crippen LogP contribution is -2.35. The molecule has 1 saturated heterocycles. The van der Waals surface area contributed by atoms with Crippen molar-refractivity contribution in [1.82, 2.24) is 14.5 Å². The van der Waals surface area contributed by atoms with E-state index < -0.39 is 18.7 Å². The van der Waals surface area contributed by atoms with Gasteiger partial charge in [-0.25, -0.2) is 4.98 Å². The van der Waals surface area contributed by atoms with Gasteiger partial charge in [-0.2, -0.15) is 13.2 Å². The van der Waals surface area contributed by atoms with Crippen molar-refractivity contribution < 1.29 is 18.3 Å². The number of nitrogens with zero attached hydrogens (tertiary/aromatic N) is 3. The van der Waals surface area contributed by atoms with Crippen LogP contribution in [0.4, 0.5) is 13.2 Å². The maximum atomic E-state index is 12.5. The van der Waals surface area contributed by atoms with Gasteiger partial charge in [-0.15, -0.1) is 0 Å². The molecule has 0 saturated carbocycles. The number of imidazole rings is 1. The lowest BCUT2D eigenvalue weighted by Gasteiger charge is -2.23. The highest BCUT2D eigenvalue weighted by atomic mass is 19.4. The number of β-amino-alcohol motifs (C(OH)–C–C–N with tert-alkyl or cyclic N) is 1. The van der Waals surface area contributed by atoms with Crippen molar-refractivity contribution in [2.45, 2.75) is 50.9 Å². The first kappa shape index (κ1) is 19.9. The van der Waals surface area contributed by atoms with Crippen LogP contribution >= 0.6 is 0 Å². The molecule has 1 aliphatic heterocycles. The Morgan fingerprint density at radius 1 is 1.00 bits per heavy atom. The molecule has 1 fully saturated rings. The van der Waals surface area contributed by atoms with Crippen LogP contribution in [0.25, 0.3) is 11.4 Å². The van der Waals surface area contributed by atoms with Gasteiger partial charge >= 0.3 is 6.18 Å². The Hall–Kier alpha value is -1.86. The van der Waals surface area contributed by atoms with Gasteiger partial charge in [-0.05, 0) is 31.5 Å². The molecule has 1 N–H and O–H groups in total. The highest BCUT2D eigenvalue weighted by Crippen LogP contribution is 2.24. The van der Waals surface area contributed by atoms with E-state index in [1.54, 1.807) is 24.5 Å². The molecular weight excluding hydrogens is 355 g/mol. The summed E-state index contributed by atoms with van der Waals surface area (Å²) in [6.45, 7) is 3.08. The SMILES string of the molecule is OC(CN1CCCCCC1)Cn1ccnc1-c1ccc(CC(F)(F)F)cc1. The highest BCUT2D eigenvalue weighted by molar-refractivity contribution is 5.56. The molecular formula is C20H26F3N3O. The molecule has 0 amide bonds. The third-order valence-corrected chi connectivity index (χ3v) is 4.91. The normalized spacial score (nSPS) is 17.6. The van der Waals surface area contributed by atoms with Crippen molar-refractivity contribution >= 4 is 0 Å². The van der Waals surface area contributed by atoms with Gasteiger partial charge in [0.25, 0.3) is 0 Å². The third kappa shape index (κ3) is 6.07. The molecule has 1 unspecified atom stereocenters. The maximum absolute atomic E-state index is 12.5. The summed E-state index contributed by atoms with van der Waals surface area (Å²) < 4.78 is 39.3. The van der Waals surface area contributed by atoms with Crippen LogP contribution < -0.4 is 0 Å². The molecule has 2 aromatic rings. The van der Waals surface area contributed by atoms with E-state index in [1.165, 1.54) is 37.8 Å². The van der Waals surface area contributed by atoms with E-state index in [1.807, 2.05) is 4.57 Å². The summed E-state index contributed by atoms with van der Waals surface area (Å²) >= 11 is 0. The number of hydrogen-bond acceptors (Lipinski definition) is 3. The first-order chi connectivity index (χ1) is 12.9. The summed E-state index contributed by atoms with van der Waals surface area (Å²) in [7, 11) is 0. The van der Waals surface area contributed by atoms with Crippen molar-refractivity contribution in [3.8, 4) is 11.4 Å². The third-order valence-electron chi connectivity index (χ3n) is 4.91. The lowest BCUT2D eigenvalue weighted by atomic mass is 10.1. The van der Waals surface area contributed by atoms with Crippen molar-refractivity contribution in [1.29, 1.82) is 0 Å². The van der Waals surface area contributed by atoms with Gasteiger partial charge in [0.1, 0.15) is 5.82 Å². The van der Waals surface area contributed by atoms with Crippen LogP contribution in [-0.4, -0.2) is 51.5 Å². The van der Waals surface area contributed by atoms with E-state index in [9.17, 15) is 18.3 Å². The number of likely N-dealkylation sites (tertiary alicyclic amines) is 1. The monoisotopic (exact) mass is 381 g/mol. The summed E-state index contributed by atoms with van der Waals surface area (Å²) in [5, 5.41) is 10.5. The quantitative estimate of drug-likeness (QED) is 0.825. The highest BCUT2D eigenvalue weighted by Gasteiger charge is 2.27. The second kappa shape index (κ2) is 8.89. The van der Waals surface area contributed by atoms with Gasteiger partial charge in [0.15, 0.2) is 0 Å². The molecule has 0 aliphatic carbocycles. The van der Waals surface area contributed by atoms with E-state index >= 15 is 0 Å². The average Bonchev–Trinajstić information content (AvgIpc) is 2.89. The van der Waals surface area contributed by atoms with E-state index in [4.69, 9.17) is 0 Å². The number of aliphatic hydroxyl groups is 1. The zero-order valence-electron chi connectivity index (χ0n) is 15.3. The fraction of sp³-hybridized carbons (Fsp3) is 0.550. The number of alkyl halides is 3. The zero-order chi connectivity index (χ0) is 19.3. The van der Waals surface area contributed by atoms with Crippen LogP contribution in [0.3, 0.4) is 0 Å². The molecule has 4 nitrogen and oxygen atoms in total. The lowest BCUT2D eigenvalue weighted by molar-refractivity contribution is -0.127. The smallest absolute Gasteiger partial charge is 0.390 e. The first-order valence-corrected chi connectivity index (χ1v) is 9.48.